The highest BCUT2D eigenvalue weighted by molar-refractivity contribution is 6.04. The van der Waals surface area contributed by atoms with E-state index in [9.17, 15) is 13.6 Å². The quantitative estimate of drug-likeness (QED) is 0.277. The number of amidine groups is 1. The van der Waals surface area contributed by atoms with Gasteiger partial charge in [0.15, 0.2) is 0 Å². The number of aromatic nitrogens is 2. The molecular formula is C28H27F2N5O. The molecule has 0 atom stereocenters. The molecule has 2 N–H and O–H groups in total. The highest BCUT2D eigenvalue weighted by Crippen LogP contribution is 2.25. The molecule has 36 heavy (non-hydrogen) atoms. The molecule has 1 aromatic heterocycles. The predicted octanol–water partition coefficient (Wildman–Crippen LogP) is 5.92. The minimum atomic E-state index is -0.643. The molecule has 0 bridgehead atoms. The minimum absolute atomic E-state index is 0.0202. The minimum Gasteiger partial charge on any atom is -0.357 e. The predicted molar refractivity (Wildman–Crippen MR) is 137 cm³/mol. The SMILES string of the molecule is Cc1cc(C(=O)Nc2ccc(C(=N)N3CCC(C)CC3)cc2F)n(-c2cc3ccccc3cc2F)n1. The third-order valence-corrected chi connectivity index (χ3v) is 6.70. The number of hydrogen-bond donors (Lipinski definition) is 2. The van der Waals surface area contributed by atoms with Crippen LogP contribution in [-0.2, 0) is 0 Å². The van der Waals surface area contributed by atoms with E-state index in [1.54, 1.807) is 19.1 Å². The maximum atomic E-state index is 15.0. The summed E-state index contributed by atoms with van der Waals surface area (Å²) in [5, 5.41) is 16.9. The number of carbonyl (C=O) groups excluding carboxylic acids is 1. The molecule has 6 nitrogen and oxygen atoms in total. The Morgan fingerprint density at radius 3 is 2.39 bits per heavy atom. The van der Waals surface area contributed by atoms with Gasteiger partial charge >= 0.3 is 0 Å². The maximum absolute atomic E-state index is 15.0. The Morgan fingerprint density at radius 1 is 1.00 bits per heavy atom. The zero-order valence-electron chi connectivity index (χ0n) is 20.2. The van der Waals surface area contributed by atoms with Gasteiger partial charge in [-0.25, -0.2) is 13.5 Å². The molecule has 0 spiro atoms. The topological polar surface area (TPSA) is 74.0 Å². The van der Waals surface area contributed by atoms with E-state index in [0.717, 1.165) is 36.7 Å². The summed E-state index contributed by atoms with van der Waals surface area (Å²) < 4.78 is 31.2. The van der Waals surface area contributed by atoms with Crippen LogP contribution in [0.1, 0.15) is 41.5 Å². The smallest absolute Gasteiger partial charge is 0.274 e. The highest BCUT2D eigenvalue weighted by atomic mass is 19.1. The van der Waals surface area contributed by atoms with Crippen molar-refractivity contribution in [2.75, 3.05) is 18.4 Å². The van der Waals surface area contributed by atoms with Gasteiger partial charge in [-0.05, 0) is 72.9 Å². The lowest BCUT2D eigenvalue weighted by molar-refractivity contribution is 0.101. The van der Waals surface area contributed by atoms with Crippen LogP contribution in [0, 0.1) is 29.9 Å². The Labute approximate surface area is 208 Å². The largest absolute Gasteiger partial charge is 0.357 e. The number of fused-ring (bicyclic) bond motifs is 1. The third-order valence-electron chi connectivity index (χ3n) is 6.70. The fraction of sp³-hybridized carbons (Fsp3) is 0.250. The summed E-state index contributed by atoms with van der Waals surface area (Å²) in [6.07, 6.45) is 2.01. The van der Waals surface area contributed by atoms with Gasteiger partial charge in [-0.3, -0.25) is 10.2 Å². The molecule has 2 heterocycles. The van der Waals surface area contributed by atoms with Gasteiger partial charge < -0.3 is 10.2 Å². The number of aryl methyl sites for hydroxylation is 1. The second kappa shape index (κ2) is 9.53. The van der Waals surface area contributed by atoms with Gasteiger partial charge in [-0.15, -0.1) is 0 Å². The molecule has 0 aliphatic carbocycles. The Bertz CT molecular complexity index is 1470. The number of halogens is 2. The highest BCUT2D eigenvalue weighted by Gasteiger charge is 2.22. The van der Waals surface area contributed by atoms with Crippen LogP contribution in [0.2, 0.25) is 0 Å². The average molecular weight is 488 g/mol. The average Bonchev–Trinajstić information content (AvgIpc) is 3.26. The molecule has 0 radical (unpaired) electrons. The summed E-state index contributed by atoms with van der Waals surface area (Å²) in [6, 6.07) is 16.3. The molecule has 4 aromatic rings. The van der Waals surface area contributed by atoms with Crippen molar-refractivity contribution in [3.8, 4) is 5.69 Å². The normalized spacial score (nSPS) is 14.3. The molecule has 1 fully saturated rings. The number of nitrogens with one attached hydrogen (secondary N) is 2. The van der Waals surface area contributed by atoms with E-state index in [0.29, 0.717) is 17.2 Å². The molecule has 1 aliphatic rings. The van der Waals surface area contributed by atoms with E-state index in [1.165, 1.54) is 28.9 Å². The van der Waals surface area contributed by atoms with Crippen LogP contribution < -0.4 is 5.32 Å². The van der Waals surface area contributed by atoms with Crippen molar-refractivity contribution in [2.24, 2.45) is 5.92 Å². The van der Waals surface area contributed by atoms with Crippen molar-refractivity contribution in [3.05, 3.63) is 89.2 Å². The zero-order valence-corrected chi connectivity index (χ0v) is 20.2. The summed E-state index contributed by atoms with van der Waals surface area (Å²) in [7, 11) is 0. The van der Waals surface area contributed by atoms with Gasteiger partial charge in [0.2, 0.25) is 0 Å². The van der Waals surface area contributed by atoms with Crippen LogP contribution in [0.4, 0.5) is 14.5 Å². The Kier molecular flexibility index (Phi) is 6.26. The van der Waals surface area contributed by atoms with Crippen molar-refractivity contribution in [2.45, 2.75) is 26.7 Å². The standard InChI is InChI=1S/C28H27F2N5O/c1-17-9-11-34(12-10-17)27(31)21-7-8-24(22(29)15-21)32-28(36)26-13-18(2)33-35(26)25-16-20-6-4-3-5-19(20)14-23(25)30/h3-8,13-17,31H,9-12H2,1-2H3,(H,32,36). The van der Waals surface area contributed by atoms with Gasteiger partial charge in [0, 0.05) is 18.7 Å². The van der Waals surface area contributed by atoms with Crippen molar-refractivity contribution in [1.82, 2.24) is 14.7 Å². The van der Waals surface area contributed by atoms with Gasteiger partial charge in [0.05, 0.1) is 11.4 Å². The van der Waals surface area contributed by atoms with Crippen LogP contribution in [0.3, 0.4) is 0 Å². The van der Waals surface area contributed by atoms with E-state index in [-0.39, 0.29) is 22.9 Å². The first kappa shape index (κ1) is 23.7. The van der Waals surface area contributed by atoms with E-state index in [1.807, 2.05) is 29.2 Å². The Hall–Kier alpha value is -4.07. The number of anilines is 1. The molecule has 8 heteroatoms. The summed E-state index contributed by atoms with van der Waals surface area (Å²) in [6.45, 7) is 5.44. The second-order valence-corrected chi connectivity index (χ2v) is 9.40. The number of amides is 1. The fourth-order valence-electron chi connectivity index (χ4n) is 4.57. The Balaban J connectivity index is 1.39. The lowest BCUT2D eigenvalue weighted by Crippen LogP contribution is -2.38. The van der Waals surface area contributed by atoms with E-state index >= 15 is 0 Å². The number of likely N-dealkylation sites (tertiary alicyclic amines) is 1. The number of piperidine rings is 1. The lowest BCUT2D eigenvalue weighted by atomic mass is 9.98. The van der Waals surface area contributed by atoms with Crippen LogP contribution in [-0.4, -0.2) is 39.5 Å². The van der Waals surface area contributed by atoms with E-state index in [2.05, 4.69) is 17.3 Å². The van der Waals surface area contributed by atoms with Crippen LogP contribution in [0.15, 0.2) is 60.7 Å². The molecule has 5 rings (SSSR count). The van der Waals surface area contributed by atoms with Gasteiger partial charge in [0.1, 0.15) is 28.9 Å². The monoisotopic (exact) mass is 487 g/mol. The lowest BCUT2D eigenvalue weighted by Gasteiger charge is -2.32. The van der Waals surface area contributed by atoms with Gasteiger partial charge in [-0.2, -0.15) is 5.10 Å². The first-order valence-corrected chi connectivity index (χ1v) is 12.0. The molecule has 1 aliphatic heterocycles. The van der Waals surface area contributed by atoms with Crippen molar-refractivity contribution >= 4 is 28.2 Å². The number of benzene rings is 3. The number of nitrogens with zero attached hydrogens (tertiary/aromatic N) is 3. The summed E-state index contributed by atoms with van der Waals surface area (Å²) in [5.74, 6) is -0.875. The molecule has 0 unspecified atom stereocenters. The molecule has 0 saturated carbocycles. The zero-order chi connectivity index (χ0) is 25.4. The first-order valence-electron chi connectivity index (χ1n) is 12.0. The van der Waals surface area contributed by atoms with E-state index in [4.69, 9.17) is 5.41 Å². The number of hydrogen-bond acceptors (Lipinski definition) is 3. The van der Waals surface area contributed by atoms with Crippen LogP contribution >= 0.6 is 0 Å². The van der Waals surface area contributed by atoms with Crippen molar-refractivity contribution < 1.29 is 13.6 Å². The first-order chi connectivity index (χ1) is 17.3. The Morgan fingerprint density at radius 2 is 1.69 bits per heavy atom. The molecule has 3 aromatic carbocycles. The maximum Gasteiger partial charge on any atom is 0.274 e. The van der Waals surface area contributed by atoms with Gasteiger partial charge in [-0.1, -0.05) is 31.2 Å². The third kappa shape index (κ3) is 4.58. The number of rotatable bonds is 4. The van der Waals surface area contributed by atoms with E-state index < -0.39 is 17.5 Å². The van der Waals surface area contributed by atoms with Gasteiger partial charge in [0.25, 0.3) is 5.91 Å². The molecule has 1 amide bonds. The molecule has 1 saturated heterocycles. The second-order valence-electron chi connectivity index (χ2n) is 9.40. The van der Waals surface area contributed by atoms with Crippen molar-refractivity contribution in [1.29, 1.82) is 5.41 Å². The van der Waals surface area contributed by atoms with Crippen LogP contribution in [0.5, 0.6) is 0 Å². The number of carbonyl (C=O) groups is 1. The van der Waals surface area contributed by atoms with Crippen LogP contribution in [0.25, 0.3) is 16.5 Å². The molecular weight excluding hydrogens is 460 g/mol. The molecule has 184 valence electrons. The van der Waals surface area contributed by atoms with Crippen molar-refractivity contribution in [3.63, 3.8) is 0 Å². The summed E-state index contributed by atoms with van der Waals surface area (Å²) in [4.78, 5) is 15.1. The summed E-state index contributed by atoms with van der Waals surface area (Å²) in [5.41, 5.74) is 1.17. The fourth-order valence-corrected chi connectivity index (χ4v) is 4.57. The summed E-state index contributed by atoms with van der Waals surface area (Å²) >= 11 is 0.